The molecule has 27 heavy (non-hydrogen) atoms. The molecule has 7 heteroatoms. The first kappa shape index (κ1) is 20.9. The van der Waals surface area contributed by atoms with E-state index in [1.165, 1.54) is 0 Å². The quantitative estimate of drug-likeness (QED) is 0.465. The molecule has 2 aromatic rings. The predicted molar refractivity (Wildman–Crippen MR) is 115 cm³/mol. The highest BCUT2D eigenvalue weighted by Gasteiger charge is 2.05. The molecule has 0 aromatic heterocycles. The Morgan fingerprint density at radius 1 is 1.04 bits per heavy atom. The highest BCUT2D eigenvalue weighted by Crippen LogP contribution is 2.12. The zero-order chi connectivity index (χ0) is 19.6. The molecule has 0 heterocycles. The molecule has 2 aromatic carbocycles. The van der Waals surface area contributed by atoms with Crippen molar-refractivity contribution >= 4 is 33.5 Å². The first-order chi connectivity index (χ1) is 13.0. The summed E-state index contributed by atoms with van der Waals surface area (Å²) >= 11 is 3.48. The SMILES string of the molecule is CN=C(NCc1cccc(Br)c1)NCc1cccc(NC(=O)CN(C)C)c1. The van der Waals surface area contributed by atoms with E-state index in [1.54, 1.807) is 7.05 Å². The van der Waals surface area contributed by atoms with Crippen molar-refractivity contribution in [3.63, 3.8) is 0 Å². The number of aliphatic imine (C=N–C) groups is 1. The van der Waals surface area contributed by atoms with Gasteiger partial charge in [0.2, 0.25) is 5.91 Å². The van der Waals surface area contributed by atoms with E-state index >= 15 is 0 Å². The van der Waals surface area contributed by atoms with Gasteiger partial charge in [-0.2, -0.15) is 0 Å². The topological polar surface area (TPSA) is 68.8 Å². The Morgan fingerprint density at radius 3 is 2.26 bits per heavy atom. The van der Waals surface area contributed by atoms with E-state index in [-0.39, 0.29) is 5.91 Å². The first-order valence-corrected chi connectivity index (χ1v) is 9.48. The summed E-state index contributed by atoms with van der Waals surface area (Å²) in [6, 6.07) is 15.9. The summed E-state index contributed by atoms with van der Waals surface area (Å²) in [5.74, 6) is 0.689. The molecule has 0 aliphatic carbocycles. The van der Waals surface area contributed by atoms with Crippen LogP contribution in [0.1, 0.15) is 11.1 Å². The van der Waals surface area contributed by atoms with Crippen molar-refractivity contribution < 1.29 is 4.79 Å². The van der Waals surface area contributed by atoms with Gasteiger partial charge in [0.15, 0.2) is 5.96 Å². The number of carbonyl (C=O) groups excluding carboxylic acids is 1. The number of halogens is 1. The van der Waals surface area contributed by atoms with Crippen molar-refractivity contribution in [2.75, 3.05) is 33.0 Å². The van der Waals surface area contributed by atoms with Crippen LogP contribution in [-0.4, -0.2) is 44.5 Å². The zero-order valence-corrected chi connectivity index (χ0v) is 17.5. The number of likely N-dealkylation sites (N-methyl/N-ethyl adjacent to an activating group) is 1. The van der Waals surface area contributed by atoms with Gasteiger partial charge in [-0.1, -0.05) is 40.2 Å². The van der Waals surface area contributed by atoms with Crippen molar-refractivity contribution in [2.24, 2.45) is 4.99 Å². The summed E-state index contributed by atoms with van der Waals surface area (Å²) in [4.78, 5) is 18.0. The van der Waals surface area contributed by atoms with Crippen molar-refractivity contribution in [1.29, 1.82) is 0 Å². The van der Waals surface area contributed by atoms with Crippen molar-refractivity contribution in [3.05, 3.63) is 64.1 Å². The maximum atomic E-state index is 11.9. The van der Waals surface area contributed by atoms with Gasteiger partial charge in [0.1, 0.15) is 0 Å². The fourth-order valence-corrected chi connectivity index (χ4v) is 2.93. The van der Waals surface area contributed by atoms with Crippen molar-refractivity contribution in [1.82, 2.24) is 15.5 Å². The van der Waals surface area contributed by atoms with E-state index in [4.69, 9.17) is 0 Å². The molecule has 0 atom stereocenters. The third-order valence-electron chi connectivity index (χ3n) is 3.70. The van der Waals surface area contributed by atoms with E-state index in [2.05, 4.69) is 49.0 Å². The summed E-state index contributed by atoms with van der Waals surface area (Å²) in [5.41, 5.74) is 3.01. The van der Waals surface area contributed by atoms with E-state index in [0.29, 0.717) is 19.6 Å². The van der Waals surface area contributed by atoms with Gasteiger partial charge in [-0.3, -0.25) is 9.79 Å². The standard InChI is InChI=1S/C20H26BrN5O/c1-22-20(23-12-15-6-4-8-17(21)10-15)24-13-16-7-5-9-18(11-16)25-19(27)14-26(2)3/h4-11H,12-14H2,1-3H3,(H,25,27)(H2,22,23,24). The van der Waals surface area contributed by atoms with Gasteiger partial charge >= 0.3 is 0 Å². The normalized spacial score (nSPS) is 11.4. The Hall–Kier alpha value is -2.38. The van der Waals surface area contributed by atoms with Crippen LogP contribution >= 0.6 is 15.9 Å². The van der Waals surface area contributed by atoms with E-state index in [9.17, 15) is 4.79 Å². The lowest BCUT2D eigenvalue weighted by Gasteiger charge is -2.13. The number of rotatable bonds is 7. The molecule has 0 unspecified atom stereocenters. The van der Waals surface area contributed by atoms with Gasteiger partial charge in [0, 0.05) is 30.3 Å². The van der Waals surface area contributed by atoms with Gasteiger partial charge in [0.25, 0.3) is 0 Å². The van der Waals surface area contributed by atoms with Crippen LogP contribution in [0.25, 0.3) is 0 Å². The molecule has 0 bridgehead atoms. The number of carbonyl (C=O) groups is 1. The number of amides is 1. The van der Waals surface area contributed by atoms with Crippen LogP contribution in [0.2, 0.25) is 0 Å². The van der Waals surface area contributed by atoms with Gasteiger partial charge in [0.05, 0.1) is 6.54 Å². The van der Waals surface area contributed by atoms with Crippen LogP contribution in [0.5, 0.6) is 0 Å². The average Bonchev–Trinajstić information content (AvgIpc) is 2.61. The number of benzene rings is 2. The second kappa shape index (κ2) is 10.7. The van der Waals surface area contributed by atoms with E-state index in [1.807, 2.05) is 55.4 Å². The molecular formula is C20H26BrN5O. The smallest absolute Gasteiger partial charge is 0.238 e. The van der Waals surface area contributed by atoms with Crippen LogP contribution < -0.4 is 16.0 Å². The van der Waals surface area contributed by atoms with Gasteiger partial charge in [-0.25, -0.2) is 0 Å². The molecule has 0 spiro atoms. The summed E-state index contributed by atoms with van der Waals surface area (Å²) < 4.78 is 1.05. The van der Waals surface area contributed by atoms with Crippen LogP contribution in [0.4, 0.5) is 5.69 Å². The van der Waals surface area contributed by atoms with E-state index < -0.39 is 0 Å². The zero-order valence-electron chi connectivity index (χ0n) is 15.9. The molecule has 0 saturated carbocycles. The Kier molecular flexibility index (Phi) is 8.29. The van der Waals surface area contributed by atoms with Crippen molar-refractivity contribution in [3.8, 4) is 0 Å². The average molecular weight is 432 g/mol. The second-order valence-corrected chi connectivity index (χ2v) is 7.31. The third-order valence-corrected chi connectivity index (χ3v) is 4.20. The minimum absolute atomic E-state index is 0.0309. The molecule has 6 nitrogen and oxygen atoms in total. The van der Waals surface area contributed by atoms with Gasteiger partial charge in [-0.15, -0.1) is 0 Å². The Labute approximate surface area is 169 Å². The summed E-state index contributed by atoms with van der Waals surface area (Å²) in [5, 5.41) is 9.49. The third kappa shape index (κ3) is 7.80. The van der Waals surface area contributed by atoms with Crippen LogP contribution in [0.15, 0.2) is 58.0 Å². The number of guanidine groups is 1. The fourth-order valence-electron chi connectivity index (χ4n) is 2.49. The molecule has 2 rings (SSSR count). The summed E-state index contributed by atoms with van der Waals surface area (Å²) in [6.45, 7) is 1.64. The summed E-state index contributed by atoms with van der Waals surface area (Å²) in [7, 11) is 5.48. The first-order valence-electron chi connectivity index (χ1n) is 8.69. The predicted octanol–water partition coefficient (Wildman–Crippen LogP) is 2.81. The maximum absolute atomic E-state index is 11.9. The Morgan fingerprint density at radius 2 is 1.67 bits per heavy atom. The second-order valence-electron chi connectivity index (χ2n) is 6.40. The monoisotopic (exact) mass is 431 g/mol. The molecule has 0 saturated heterocycles. The molecule has 0 fully saturated rings. The number of nitrogens with one attached hydrogen (secondary N) is 3. The van der Waals surface area contributed by atoms with Gasteiger partial charge in [-0.05, 0) is 49.5 Å². The molecular weight excluding hydrogens is 406 g/mol. The van der Waals surface area contributed by atoms with Crippen molar-refractivity contribution in [2.45, 2.75) is 13.1 Å². The molecule has 144 valence electrons. The molecule has 0 aliphatic heterocycles. The molecule has 0 aliphatic rings. The molecule has 3 N–H and O–H groups in total. The minimum atomic E-state index is -0.0309. The van der Waals surface area contributed by atoms with Crippen LogP contribution in [0, 0.1) is 0 Å². The highest BCUT2D eigenvalue weighted by molar-refractivity contribution is 9.10. The largest absolute Gasteiger partial charge is 0.352 e. The maximum Gasteiger partial charge on any atom is 0.238 e. The number of hydrogen-bond donors (Lipinski definition) is 3. The Bertz CT molecular complexity index is 791. The minimum Gasteiger partial charge on any atom is -0.352 e. The number of nitrogens with zero attached hydrogens (tertiary/aromatic N) is 2. The lowest BCUT2D eigenvalue weighted by molar-refractivity contribution is -0.116. The van der Waals surface area contributed by atoms with Gasteiger partial charge < -0.3 is 20.9 Å². The Balaban J connectivity index is 1.87. The lowest BCUT2D eigenvalue weighted by Crippen LogP contribution is -2.36. The van der Waals surface area contributed by atoms with E-state index in [0.717, 1.165) is 27.2 Å². The van der Waals surface area contributed by atoms with Crippen LogP contribution in [-0.2, 0) is 17.9 Å². The highest BCUT2D eigenvalue weighted by atomic mass is 79.9. The molecule has 0 radical (unpaired) electrons. The van der Waals surface area contributed by atoms with Crippen LogP contribution in [0.3, 0.4) is 0 Å². The summed E-state index contributed by atoms with van der Waals surface area (Å²) in [6.07, 6.45) is 0. The lowest BCUT2D eigenvalue weighted by atomic mass is 10.2. The fraction of sp³-hybridized carbons (Fsp3) is 0.300. The number of hydrogen-bond acceptors (Lipinski definition) is 3. The number of anilines is 1. The molecule has 1 amide bonds.